The van der Waals surface area contributed by atoms with Crippen LogP contribution in [0.1, 0.15) is 98.7 Å². The molecule has 0 N–H and O–H groups in total. The first kappa shape index (κ1) is 33.7. The van der Waals surface area contributed by atoms with Crippen LogP contribution in [0.2, 0.25) is 0 Å². The van der Waals surface area contributed by atoms with Crippen LogP contribution in [0.5, 0.6) is 0 Å². The first-order valence-electron chi connectivity index (χ1n) is 17.2. The lowest BCUT2D eigenvalue weighted by Gasteiger charge is -2.30. The van der Waals surface area contributed by atoms with E-state index in [4.69, 9.17) is 15.1 Å². The van der Waals surface area contributed by atoms with E-state index in [1.165, 1.54) is 0 Å². The molecule has 3 heterocycles. The third-order valence-electron chi connectivity index (χ3n) is 9.71. The molecular formula is C37H42F6N6. The smallest absolute Gasteiger partial charge is 0.356 e. The van der Waals surface area contributed by atoms with Gasteiger partial charge in [0.2, 0.25) is 0 Å². The van der Waals surface area contributed by atoms with Gasteiger partial charge in [0.05, 0.1) is 22.4 Å². The molecule has 0 atom stereocenters. The molecule has 262 valence electrons. The number of aromatic nitrogens is 4. The molecule has 0 spiro atoms. The molecule has 3 fully saturated rings. The van der Waals surface area contributed by atoms with Crippen LogP contribution >= 0.6 is 0 Å². The standard InChI is InChI=1S/C37H42F6N6/c1-22-31-15-28(33(45-34(31)49(46-22)35(2,3)4)48(18-23-5-6-23)19-24-7-8-24)21-47(32-12-11-27(17-44-32)26-9-10-26)20-25-13-29(36(38,39)40)16-30(14-25)37(41,42)43/h11-17,23-24,26H,5-10,18-21H2,1-4H3. The molecule has 0 radical (unpaired) electrons. The van der Waals surface area contributed by atoms with Crippen molar-refractivity contribution in [1.82, 2.24) is 19.7 Å². The van der Waals surface area contributed by atoms with E-state index in [9.17, 15) is 26.3 Å². The number of hydrogen-bond donors (Lipinski definition) is 0. The Balaban J connectivity index is 1.35. The highest BCUT2D eigenvalue weighted by Crippen LogP contribution is 2.42. The van der Waals surface area contributed by atoms with Gasteiger partial charge in [-0.1, -0.05) is 6.07 Å². The number of rotatable bonds is 11. The quantitative estimate of drug-likeness (QED) is 0.147. The van der Waals surface area contributed by atoms with Gasteiger partial charge in [0, 0.05) is 43.3 Å². The summed E-state index contributed by atoms with van der Waals surface area (Å²) < 4.78 is 85.3. The summed E-state index contributed by atoms with van der Waals surface area (Å²) in [5.41, 5.74) is 0.369. The Morgan fingerprint density at radius 1 is 0.776 bits per heavy atom. The Morgan fingerprint density at radius 2 is 1.39 bits per heavy atom. The van der Waals surface area contributed by atoms with Gasteiger partial charge in [0.1, 0.15) is 11.6 Å². The molecule has 0 unspecified atom stereocenters. The van der Waals surface area contributed by atoms with Gasteiger partial charge >= 0.3 is 12.4 Å². The lowest BCUT2D eigenvalue weighted by molar-refractivity contribution is -0.143. The van der Waals surface area contributed by atoms with Gasteiger partial charge in [-0.05, 0) is 125 Å². The van der Waals surface area contributed by atoms with Crippen LogP contribution in [0.4, 0.5) is 38.0 Å². The zero-order chi connectivity index (χ0) is 34.9. The number of halogens is 6. The highest BCUT2D eigenvalue weighted by molar-refractivity contribution is 5.82. The molecular weight excluding hydrogens is 642 g/mol. The maximum absolute atomic E-state index is 13.9. The largest absolute Gasteiger partial charge is 0.416 e. The molecule has 3 aliphatic carbocycles. The zero-order valence-corrected chi connectivity index (χ0v) is 28.3. The van der Waals surface area contributed by atoms with Crippen molar-refractivity contribution in [3.8, 4) is 0 Å². The second kappa shape index (κ2) is 12.2. The maximum atomic E-state index is 13.9. The lowest BCUT2D eigenvalue weighted by Crippen LogP contribution is -2.32. The Labute approximate surface area is 282 Å². The third-order valence-corrected chi connectivity index (χ3v) is 9.71. The molecule has 12 heteroatoms. The topological polar surface area (TPSA) is 50.1 Å². The van der Waals surface area contributed by atoms with Gasteiger partial charge in [-0.3, -0.25) is 0 Å². The average Bonchev–Trinajstić information content (AvgIpc) is 3.87. The van der Waals surface area contributed by atoms with Crippen molar-refractivity contribution >= 4 is 22.7 Å². The van der Waals surface area contributed by atoms with Crippen molar-refractivity contribution in [3.63, 3.8) is 0 Å². The predicted molar refractivity (Wildman–Crippen MR) is 177 cm³/mol. The van der Waals surface area contributed by atoms with E-state index >= 15 is 0 Å². The molecule has 49 heavy (non-hydrogen) atoms. The summed E-state index contributed by atoms with van der Waals surface area (Å²) in [6, 6.07) is 7.66. The molecule has 0 bridgehead atoms. The van der Waals surface area contributed by atoms with E-state index in [2.05, 4.69) is 31.7 Å². The van der Waals surface area contributed by atoms with Crippen molar-refractivity contribution in [2.75, 3.05) is 22.9 Å². The fourth-order valence-corrected chi connectivity index (χ4v) is 6.54. The van der Waals surface area contributed by atoms with E-state index in [1.807, 2.05) is 23.7 Å². The fourth-order valence-electron chi connectivity index (χ4n) is 6.54. The Kier molecular flexibility index (Phi) is 8.37. The van der Waals surface area contributed by atoms with Crippen molar-refractivity contribution in [1.29, 1.82) is 0 Å². The monoisotopic (exact) mass is 684 g/mol. The number of alkyl halides is 6. The second-order valence-corrected chi connectivity index (χ2v) is 15.3. The van der Waals surface area contributed by atoms with E-state index in [-0.39, 0.29) is 30.3 Å². The summed E-state index contributed by atoms with van der Waals surface area (Å²) in [6.45, 7) is 9.81. The zero-order valence-electron chi connectivity index (χ0n) is 28.3. The average molecular weight is 685 g/mol. The van der Waals surface area contributed by atoms with Crippen molar-refractivity contribution in [3.05, 3.63) is 76.1 Å². The van der Waals surface area contributed by atoms with Crippen LogP contribution in [-0.4, -0.2) is 32.8 Å². The minimum absolute atomic E-state index is 0.102. The lowest BCUT2D eigenvalue weighted by atomic mass is 10.0. The van der Waals surface area contributed by atoms with Gasteiger partial charge in [-0.15, -0.1) is 0 Å². The Morgan fingerprint density at radius 3 is 1.88 bits per heavy atom. The molecule has 3 aliphatic rings. The molecule has 1 aromatic carbocycles. The van der Waals surface area contributed by atoms with Crippen LogP contribution in [0.25, 0.3) is 11.0 Å². The molecule has 7 rings (SSSR count). The summed E-state index contributed by atoms with van der Waals surface area (Å²) in [7, 11) is 0. The second-order valence-electron chi connectivity index (χ2n) is 15.3. The van der Waals surface area contributed by atoms with Crippen LogP contribution in [0.15, 0.2) is 42.6 Å². The number of nitrogens with zero attached hydrogens (tertiary/aromatic N) is 6. The minimum atomic E-state index is -4.94. The van der Waals surface area contributed by atoms with Crippen molar-refractivity contribution in [2.45, 2.75) is 103 Å². The van der Waals surface area contributed by atoms with Crippen molar-refractivity contribution < 1.29 is 26.3 Å². The summed E-state index contributed by atoms with van der Waals surface area (Å²) in [5.74, 6) is 2.83. The molecule has 3 saturated carbocycles. The fraction of sp³-hybridized carbons (Fsp3) is 0.541. The van der Waals surface area contributed by atoms with E-state index in [1.54, 1.807) is 11.1 Å². The molecule has 0 amide bonds. The maximum Gasteiger partial charge on any atom is 0.416 e. The van der Waals surface area contributed by atoms with E-state index in [0.29, 0.717) is 23.6 Å². The summed E-state index contributed by atoms with van der Waals surface area (Å²) in [6.07, 6.45) is -1.35. The van der Waals surface area contributed by atoms with Gasteiger partial charge in [0.25, 0.3) is 0 Å². The van der Waals surface area contributed by atoms with Gasteiger partial charge < -0.3 is 9.80 Å². The highest BCUT2D eigenvalue weighted by Gasteiger charge is 2.38. The molecule has 0 saturated heterocycles. The molecule has 6 nitrogen and oxygen atoms in total. The first-order chi connectivity index (χ1) is 23.0. The number of aryl methyl sites for hydroxylation is 1. The summed E-state index contributed by atoms with van der Waals surface area (Å²) in [4.78, 5) is 14.1. The normalized spacial score (nSPS) is 17.2. The van der Waals surface area contributed by atoms with Crippen LogP contribution in [0, 0.1) is 18.8 Å². The Hall–Kier alpha value is -3.83. The third kappa shape index (κ3) is 7.67. The molecule has 3 aromatic heterocycles. The summed E-state index contributed by atoms with van der Waals surface area (Å²) >= 11 is 0. The van der Waals surface area contributed by atoms with Gasteiger partial charge in [-0.25, -0.2) is 14.6 Å². The number of hydrogen-bond acceptors (Lipinski definition) is 5. The number of pyridine rings is 2. The van der Waals surface area contributed by atoms with E-state index < -0.39 is 23.5 Å². The van der Waals surface area contributed by atoms with Gasteiger partial charge in [-0.2, -0.15) is 31.4 Å². The van der Waals surface area contributed by atoms with Crippen LogP contribution < -0.4 is 9.80 Å². The predicted octanol–water partition coefficient (Wildman–Crippen LogP) is 9.64. The van der Waals surface area contributed by atoms with Crippen LogP contribution in [-0.2, 0) is 31.0 Å². The number of fused-ring (bicyclic) bond motifs is 1. The molecule has 0 aliphatic heterocycles. The molecule has 4 aromatic rings. The minimum Gasteiger partial charge on any atom is -0.356 e. The Bertz CT molecular complexity index is 1780. The van der Waals surface area contributed by atoms with E-state index in [0.717, 1.165) is 97.4 Å². The van der Waals surface area contributed by atoms with Crippen LogP contribution in [0.3, 0.4) is 0 Å². The van der Waals surface area contributed by atoms with Gasteiger partial charge in [0.15, 0.2) is 5.65 Å². The highest BCUT2D eigenvalue weighted by atomic mass is 19.4. The SMILES string of the molecule is Cc1nn(C(C)(C)C)c2nc(N(CC3CC3)CC3CC3)c(CN(Cc3cc(C(F)(F)F)cc(C(F)(F)F)c3)c3ccc(C4CC4)cn3)cc12. The van der Waals surface area contributed by atoms with Crippen molar-refractivity contribution in [2.24, 2.45) is 11.8 Å². The summed E-state index contributed by atoms with van der Waals surface area (Å²) in [5, 5.41) is 5.71. The number of benzene rings is 1. The first-order valence-corrected chi connectivity index (χ1v) is 17.2. The number of anilines is 2.